The van der Waals surface area contributed by atoms with Crippen LogP contribution in [0, 0.1) is 0 Å². The minimum Gasteiger partial charge on any atom is -0.462 e. The minimum atomic E-state index is -5.01. The summed E-state index contributed by atoms with van der Waals surface area (Å²) in [6.45, 7) is 4.57. The van der Waals surface area contributed by atoms with Gasteiger partial charge in [0.25, 0.3) is 0 Å². The lowest BCUT2D eigenvalue weighted by Crippen LogP contribution is -2.30. The zero-order chi connectivity index (χ0) is 77.4. The number of unbranched alkanes of at least 4 members (excludes halogenated alkanes) is 26. The molecule has 0 bridgehead atoms. The molecule has 0 amide bonds. The molecule has 0 radical (unpaired) electrons. The van der Waals surface area contributed by atoms with Crippen LogP contribution in [0.25, 0.3) is 0 Å². The maximum atomic E-state index is 13.1. The Hall–Kier alpha value is -5.06. The molecule has 0 aliphatic carbocycles. The third-order valence-electron chi connectivity index (χ3n) is 16.8. The summed E-state index contributed by atoms with van der Waals surface area (Å²) in [5, 5.41) is 10.6. The number of hydrogen-bond donors (Lipinski definition) is 3. The second-order valence-electron chi connectivity index (χ2n) is 27.0. The summed E-state index contributed by atoms with van der Waals surface area (Å²) in [5.41, 5.74) is 0. The van der Waals surface area contributed by atoms with Crippen LogP contribution in [0.1, 0.15) is 323 Å². The van der Waals surface area contributed by atoms with Gasteiger partial charge in [0.1, 0.15) is 19.3 Å². The van der Waals surface area contributed by atoms with Crippen LogP contribution < -0.4 is 0 Å². The molecule has 0 rings (SSSR count). The Morgan fingerprint density at radius 1 is 0.274 bits per heavy atom. The van der Waals surface area contributed by atoms with Crippen LogP contribution in [-0.2, 0) is 65.4 Å². The normalized spacial score (nSPS) is 14.6. The smallest absolute Gasteiger partial charge is 0.462 e. The molecule has 0 aliphatic heterocycles. The monoisotopic (exact) mass is 1530 g/mol. The van der Waals surface area contributed by atoms with E-state index in [4.69, 9.17) is 37.0 Å². The van der Waals surface area contributed by atoms with Gasteiger partial charge in [-0.3, -0.25) is 37.3 Å². The molecule has 5 atom stereocenters. The predicted octanol–water partition coefficient (Wildman–Crippen LogP) is 24.2. The van der Waals surface area contributed by atoms with Crippen LogP contribution in [0.3, 0.4) is 0 Å². The summed E-state index contributed by atoms with van der Waals surface area (Å²) in [6, 6.07) is 0. The average molecular weight is 1530 g/mol. The first-order chi connectivity index (χ1) is 51.7. The number of carbonyl (C=O) groups excluding carboxylic acids is 4. The molecule has 106 heavy (non-hydrogen) atoms. The summed E-state index contributed by atoms with van der Waals surface area (Å²) in [6.07, 6.45) is 89.8. The van der Waals surface area contributed by atoms with Crippen molar-refractivity contribution in [2.75, 3.05) is 39.6 Å². The van der Waals surface area contributed by atoms with Gasteiger partial charge in [0, 0.05) is 25.7 Å². The van der Waals surface area contributed by atoms with Gasteiger partial charge in [-0.2, -0.15) is 0 Å². The highest BCUT2D eigenvalue weighted by molar-refractivity contribution is 7.47. The van der Waals surface area contributed by atoms with Crippen LogP contribution in [0.5, 0.6) is 0 Å². The van der Waals surface area contributed by atoms with E-state index in [1.54, 1.807) is 0 Å². The standard InChI is InChI=1S/C87H146O17P2/c1-5-9-13-17-21-25-29-33-37-39-40-42-46-48-52-56-60-64-68-72-85(90)98-78-83(104-87(92)74-70-66-62-58-54-50-44-36-32-28-24-20-16-12-8-4)80-102-106(95,96)100-76-81(88)75-99-105(93,94)101-79-82(103-86(91)73-69-65-61-57-53-49-43-35-31-27-23-19-15-11-7-3)77-97-84(89)71-67-63-59-55-51-47-45-41-38-34-30-26-22-18-14-10-6-2/h9,13,21-22,25-26,33-38,40,42-45,47-48,52,55,59-60,64,81-83,88H,5-8,10-12,14-20,23-24,27-32,39,41,46,49-51,53-54,56-58,61-63,65-80H2,1-4H3,(H,93,94)(H,95,96)/b13-9-,25-21-,26-22-,37-33-,38-34-,42-40-,43-35-,44-36-,47-45-,52-48-,59-55-,64-60-/t81-,82+,83+/m0/s1. The van der Waals surface area contributed by atoms with Gasteiger partial charge in [0.15, 0.2) is 12.2 Å². The molecule has 606 valence electrons. The Morgan fingerprint density at radius 3 is 0.868 bits per heavy atom. The molecule has 0 aromatic rings. The van der Waals surface area contributed by atoms with E-state index in [1.807, 2.05) is 30.4 Å². The molecule has 19 heteroatoms. The number of aliphatic hydroxyl groups is 1. The van der Waals surface area contributed by atoms with E-state index >= 15 is 0 Å². The Bertz CT molecular complexity index is 2580. The van der Waals surface area contributed by atoms with Crippen molar-refractivity contribution in [2.24, 2.45) is 0 Å². The number of carbonyl (C=O) groups is 4. The molecular formula is C87H146O17P2. The third kappa shape index (κ3) is 77.1. The largest absolute Gasteiger partial charge is 0.472 e. The first-order valence-electron chi connectivity index (χ1n) is 41.1. The summed E-state index contributed by atoms with van der Waals surface area (Å²) in [7, 11) is -10.0. The lowest BCUT2D eigenvalue weighted by Gasteiger charge is -2.21. The topological polar surface area (TPSA) is 237 Å². The number of rotatable bonds is 76. The van der Waals surface area contributed by atoms with E-state index in [0.29, 0.717) is 38.5 Å². The van der Waals surface area contributed by atoms with Gasteiger partial charge in [0.05, 0.1) is 26.4 Å². The second-order valence-corrected chi connectivity index (χ2v) is 29.9. The number of phosphoric acid groups is 2. The van der Waals surface area contributed by atoms with E-state index in [1.165, 1.54) is 96.3 Å². The lowest BCUT2D eigenvalue weighted by atomic mass is 10.1. The summed E-state index contributed by atoms with van der Waals surface area (Å²) in [4.78, 5) is 73.0. The fourth-order valence-corrected chi connectivity index (χ4v) is 12.1. The van der Waals surface area contributed by atoms with Crippen molar-refractivity contribution in [3.8, 4) is 0 Å². The van der Waals surface area contributed by atoms with Crippen molar-refractivity contribution in [2.45, 2.75) is 341 Å². The van der Waals surface area contributed by atoms with Crippen LogP contribution in [0.2, 0.25) is 0 Å². The van der Waals surface area contributed by atoms with Crippen molar-refractivity contribution < 1.29 is 80.2 Å². The molecule has 0 saturated carbocycles. The quantitative estimate of drug-likeness (QED) is 0.0169. The number of aliphatic hydroxyl groups excluding tert-OH is 1. The third-order valence-corrected chi connectivity index (χ3v) is 18.7. The van der Waals surface area contributed by atoms with Gasteiger partial charge >= 0.3 is 39.5 Å². The highest BCUT2D eigenvalue weighted by atomic mass is 31.2. The molecule has 17 nitrogen and oxygen atoms in total. The van der Waals surface area contributed by atoms with Gasteiger partial charge in [-0.15, -0.1) is 0 Å². The van der Waals surface area contributed by atoms with Crippen molar-refractivity contribution in [3.63, 3.8) is 0 Å². The van der Waals surface area contributed by atoms with Gasteiger partial charge in [-0.05, 0) is 154 Å². The summed E-state index contributed by atoms with van der Waals surface area (Å²) < 4.78 is 68.5. The molecule has 0 fully saturated rings. The zero-order valence-corrected chi connectivity index (χ0v) is 68.1. The maximum Gasteiger partial charge on any atom is 0.472 e. The van der Waals surface area contributed by atoms with Gasteiger partial charge in [-0.25, -0.2) is 9.13 Å². The van der Waals surface area contributed by atoms with Gasteiger partial charge in [-0.1, -0.05) is 289 Å². The van der Waals surface area contributed by atoms with Crippen molar-refractivity contribution >= 4 is 39.5 Å². The van der Waals surface area contributed by atoms with Crippen molar-refractivity contribution in [1.82, 2.24) is 0 Å². The van der Waals surface area contributed by atoms with Crippen molar-refractivity contribution in [3.05, 3.63) is 146 Å². The first kappa shape index (κ1) is 101. The number of esters is 4. The Labute approximate surface area is 643 Å². The van der Waals surface area contributed by atoms with E-state index in [9.17, 15) is 43.2 Å². The molecule has 0 saturated heterocycles. The Kier molecular flexibility index (Phi) is 74.3. The lowest BCUT2D eigenvalue weighted by molar-refractivity contribution is -0.161. The van der Waals surface area contributed by atoms with Crippen LogP contribution >= 0.6 is 15.6 Å². The molecule has 3 N–H and O–H groups in total. The fourth-order valence-electron chi connectivity index (χ4n) is 10.5. The van der Waals surface area contributed by atoms with Crippen LogP contribution in [0.15, 0.2) is 146 Å². The molecular weight excluding hydrogens is 1380 g/mol. The van der Waals surface area contributed by atoms with Gasteiger partial charge in [0.2, 0.25) is 0 Å². The Balaban J connectivity index is 5.49. The summed E-state index contributed by atoms with van der Waals surface area (Å²) >= 11 is 0. The molecule has 0 spiro atoms. The molecule has 0 aromatic carbocycles. The van der Waals surface area contributed by atoms with Crippen molar-refractivity contribution in [1.29, 1.82) is 0 Å². The SMILES string of the molecule is CC/C=C\C/C=C\C/C=C\C/C=C\C/C=C\C/C=C\CCC(=O)OC[C@H](COP(=O)(O)OC[C@@H](O)COP(=O)(O)OC[C@@H](COC(=O)CCC/C=C\C/C=C\C/C=C\C/C=C\CCCCC)OC(=O)CCCCCCC/C=C\CCCCCCCC)OC(=O)CCCCCCC/C=C\CCCCCCCC. The molecule has 2 unspecified atom stereocenters. The van der Waals surface area contributed by atoms with Crippen LogP contribution in [-0.4, -0.2) is 96.7 Å². The van der Waals surface area contributed by atoms with E-state index in [0.717, 1.165) is 135 Å². The predicted molar refractivity (Wildman–Crippen MR) is 436 cm³/mol. The number of allylic oxidation sites excluding steroid dienone is 24. The summed E-state index contributed by atoms with van der Waals surface area (Å²) in [5.74, 6) is -2.36. The van der Waals surface area contributed by atoms with E-state index in [-0.39, 0.29) is 25.7 Å². The number of ether oxygens (including phenoxy) is 4. The van der Waals surface area contributed by atoms with E-state index in [2.05, 4.69) is 143 Å². The second kappa shape index (κ2) is 78.1. The zero-order valence-electron chi connectivity index (χ0n) is 66.3. The molecule has 0 aliphatic rings. The molecule has 0 aromatic heterocycles. The van der Waals surface area contributed by atoms with Crippen LogP contribution in [0.4, 0.5) is 0 Å². The Morgan fingerprint density at radius 2 is 0.519 bits per heavy atom. The average Bonchev–Trinajstić information content (AvgIpc) is 0.909. The highest BCUT2D eigenvalue weighted by Gasteiger charge is 2.30. The first-order valence-corrected chi connectivity index (χ1v) is 44.1. The fraction of sp³-hybridized carbons (Fsp3) is 0.678. The number of hydrogen-bond acceptors (Lipinski definition) is 15. The van der Waals surface area contributed by atoms with Gasteiger partial charge < -0.3 is 33.8 Å². The minimum absolute atomic E-state index is 0.0301. The number of phosphoric ester groups is 2. The van der Waals surface area contributed by atoms with E-state index < -0.39 is 97.5 Å². The molecule has 0 heterocycles. The highest BCUT2D eigenvalue weighted by Crippen LogP contribution is 2.45. The maximum absolute atomic E-state index is 13.1.